The average molecular weight is 873 g/mol. The second-order valence-corrected chi connectivity index (χ2v) is 19.0. The van der Waals surface area contributed by atoms with Gasteiger partial charge in [0.25, 0.3) is 5.91 Å². The van der Waals surface area contributed by atoms with Gasteiger partial charge in [0.1, 0.15) is 29.2 Å². The summed E-state index contributed by atoms with van der Waals surface area (Å²) in [5.41, 5.74) is 7.50. The molecule has 1 heterocycles. The van der Waals surface area contributed by atoms with Gasteiger partial charge in [-0.2, -0.15) is 0 Å². The third kappa shape index (κ3) is 13.6. The fraction of sp³-hybridized carbons (Fsp3) is 0.413. The first-order valence-corrected chi connectivity index (χ1v) is 23.2. The molecule has 4 atom stereocenters. The number of carbonyl (C=O) groups excluding carboxylic acids is 3. The molecule has 3 amide bonds. The Morgan fingerprint density at radius 3 is 2.25 bits per heavy atom. The van der Waals surface area contributed by atoms with Gasteiger partial charge >= 0.3 is 13.9 Å². The fourth-order valence-corrected chi connectivity index (χ4v) is 9.66. The highest BCUT2D eigenvalue weighted by molar-refractivity contribution is 7.99. The van der Waals surface area contributed by atoms with Crippen LogP contribution in [0.3, 0.4) is 0 Å². The molecule has 15 heteroatoms. The van der Waals surface area contributed by atoms with Crippen LogP contribution in [0.5, 0.6) is 11.5 Å². The lowest BCUT2D eigenvalue weighted by molar-refractivity contribution is -0.129. The molecule has 4 aromatic rings. The molecule has 0 saturated heterocycles. The van der Waals surface area contributed by atoms with Crippen LogP contribution in [0.25, 0.3) is 0 Å². The summed E-state index contributed by atoms with van der Waals surface area (Å²) < 4.78 is 34.1. The van der Waals surface area contributed by atoms with Gasteiger partial charge in [-0.15, -0.1) is 11.8 Å². The molecule has 0 spiro atoms. The average Bonchev–Trinajstić information content (AvgIpc) is 3.36. The van der Waals surface area contributed by atoms with Crippen molar-refractivity contribution in [1.82, 2.24) is 16.2 Å². The van der Waals surface area contributed by atoms with E-state index in [4.69, 9.17) is 18.5 Å². The second kappa shape index (κ2) is 21.3. The van der Waals surface area contributed by atoms with Gasteiger partial charge in [0.2, 0.25) is 5.91 Å². The number of hydrogen-bond donors (Lipinski definition) is 4. The predicted octanol–water partition coefficient (Wildman–Crippen LogP) is 9.06. The SMILES string of the molecule is COc1ccc([C@@H]2Sc3ccccc3N(CCCC3CCCCC3)C(=O)[C@H]2NC(=O)[C@H](Cc2ccc(OP(=O)(O)OCc3ccccc3)cc2)NNC(=O)OC(C)(C)C)cc1. The number of rotatable bonds is 17. The normalized spacial score (nSPS) is 18.5. The predicted molar refractivity (Wildman–Crippen MR) is 236 cm³/mol. The van der Waals surface area contributed by atoms with Gasteiger partial charge < -0.3 is 24.2 Å². The van der Waals surface area contributed by atoms with Crippen LogP contribution in [-0.2, 0) is 36.4 Å². The maximum Gasteiger partial charge on any atom is 0.527 e. The number of hydrogen-bond acceptors (Lipinski definition) is 10. The van der Waals surface area contributed by atoms with Crippen molar-refractivity contribution in [2.75, 3.05) is 18.6 Å². The largest absolute Gasteiger partial charge is 0.527 e. The number of nitrogens with zero attached hydrogens (tertiary/aromatic N) is 1. The Labute approximate surface area is 362 Å². The van der Waals surface area contributed by atoms with Crippen LogP contribution in [-0.4, -0.2) is 54.1 Å². The lowest BCUT2D eigenvalue weighted by Gasteiger charge is -2.31. The van der Waals surface area contributed by atoms with Gasteiger partial charge in [-0.05, 0) is 99.0 Å². The Bertz CT molecular complexity index is 2110. The lowest BCUT2D eigenvalue weighted by atomic mass is 9.86. The van der Waals surface area contributed by atoms with Crippen LogP contribution < -0.4 is 30.3 Å². The molecule has 1 unspecified atom stereocenters. The van der Waals surface area contributed by atoms with Gasteiger partial charge in [-0.1, -0.05) is 98.8 Å². The first kappa shape index (κ1) is 45.7. The molecule has 61 heavy (non-hydrogen) atoms. The Morgan fingerprint density at radius 2 is 1.56 bits per heavy atom. The number of hydrazine groups is 1. The number of para-hydroxylation sites is 1. The van der Waals surface area contributed by atoms with E-state index in [1.165, 1.54) is 56.0 Å². The number of carbonyl (C=O) groups is 3. The molecule has 13 nitrogen and oxygen atoms in total. The maximum absolute atomic E-state index is 15.0. The molecule has 6 rings (SSSR count). The van der Waals surface area contributed by atoms with E-state index in [-0.39, 0.29) is 24.7 Å². The number of benzene rings is 4. The molecule has 0 bridgehead atoms. The van der Waals surface area contributed by atoms with Crippen molar-refractivity contribution in [3.8, 4) is 11.5 Å². The first-order valence-electron chi connectivity index (χ1n) is 20.8. The van der Waals surface area contributed by atoms with Gasteiger partial charge in [0.15, 0.2) is 0 Å². The fourth-order valence-electron chi connectivity index (χ4n) is 7.56. The van der Waals surface area contributed by atoms with Crippen LogP contribution >= 0.6 is 19.6 Å². The zero-order valence-electron chi connectivity index (χ0n) is 35.2. The summed E-state index contributed by atoms with van der Waals surface area (Å²) in [6.07, 6.45) is 7.30. The van der Waals surface area contributed by atoms with Crippen LogP contribution in [0.1, 0.15) is 87.7 Å². The third-order valence-electron chi connectivity index (χ3n) is 10.6. The zero-order chi connectivity index (χ0) is 43.4. The van der Waals surface area contributed by atoms with E-state index >= 15 is 4.79 Å². The number of thioether (sulfide) groups is 1. The number of phosphoric acid groups is 1. The number of ether oxygens (including phenoxy) is 2. The van der Waals surface area contributed by atoms with Gasteiger partial charge in [-0.3, -0.25) is 24.4 Å². The number of phosphoric ester groups is 1. The molecule has 1 saturated carbocycles. The van der Waals surface area contributed by atoms with Crippen molar-refractivity contribution < 1.29 is 42.4 Å². The molecular formula is C46H57N4O9PS. The Kier molecular flexibility index (Phi) is 15.9. The highest BCUT2D eigenvalue weighted by atomic mass is 32.2. The molecule has 1 aliphatic heterocycles. The molecule has 2 aliphatic rings. The summed E-state index contributed by atoms with van der Waals surface area (Å²) in [6.45, 7) is 5.57. The van der Waals surface area contributed by atoms with Gasteiger partial charge in [-0.25, -0.2) is 14.8 Å². The number of methoxy groups -OCH3 is 1. The summed E-state index contributed by atoms with van der Waals surface area (Å²) in [5, 5.41) is 2.58. The van der Waals surface area contributed by atoms with Crippen molar-refractivity contribution in [1.29, 1.82) is 0 Å². The molecule has 326 valence electrons. The summed E-state index contributed by atoms with van der Waals surface area (Å²) in [5.74, 6) is 0.605. The zero-order valence-corrected chi connectivity index (χ0v) is 36.9. The molecule has 1 aliphatic carbocycles. The summed E-state index contributed by atoms with van der Waals surface area (Å²) in [6, 6.07) is 28.5. The van der Waals surface area contributed by atoms with Crippen molar-refractivity contribution >= 4 is 43.2 Å². The highest BCUT2D eigenvalue weighted by Crippen LogP contribution is 2.47. The van der Waals surface area contributed by atoms with Crippen LogP contribution in [0.4, 0.5) is 10.5 Å². The number of amides is 3. The number of nitrogens with one attached hydrogen (secondary N) is 3. The quantitative estimate of drug-likeness (QED) is 0.0591. The monoisotopic (exact) mass is 872 g/mol. The minimum Gasteiger partial charge on any atom is -0.497 e. The van der Waals surface area contributed by atoms with Crippen molar-refractivity contribution in [3.05, 3.63) is 120 Å². The Morgan fingerprint density at radius 1 is 0.885 bits per heavy atom. The molecule has 4 N–H and O–H groups in total. The highest BCUT2D eigenvalue weighted by Gasteiger charge is 2.40. The van der Waals surface area contributed by atoms with Crippen molar-refractivity contribution in [3.63, 3.8) is 0 Å². The van der Waals surface area contributed by atoms with E-state index in [2.05, 4.69) is 16.2 Å². The smallest absolute Gasteiger partial charge is 0.497 e. The number of anilines is 1. The minimum atomic E-state index is -4.47. The Balaban J connectivity index is 1.25. The molecule has 4 aromatic carbocycles. The van der Waals surface area contributed by atoms with Crippen molar-refractivity contribution in [2.24, 2.45) is 5.92 Å². The minimum absolute atomic E-state index is 0.0375. The molecule has 1 fully saturated rings. The molecule has 0 aromatic heterocycles. The van der Waals surface area contributed by atoms with Gasteiger partial charge in [0.05, 0.1) is 24.7 Å². The van der Waals surface area contributed by atoms with Crippen LogP contribution in [0.15, 0.2) is 108 Å². The van der Waals surface area contributed by atoms with E-state index in [1.807, 2.05) is 59.5 Å². The maximum atomic E-state index is 15.0. The van der Waals surface area contributed by atoms with E-state index in [0.717, 1.165) is 29.0 Å². The van der Waals surface area contributed by atoms with E-state index < -0.39 is 42.8 Å². The Hall–Kier alpha value is -4.85. The van der Waals surface area contributed by atoms with Gasteiger partial charge in [0, 0.05) is 11.4 Å². The summed E-state index contributed by atoms with van der Waals surface area (Å²) in [4.78, 5) is 55.6. The van der Waals surface area contributed by atoms with Crippen LogP contribution in [0.2, 0.25) is 0 Å². The van der Waals surface area contributed by atoms with E-state index in [0.29, 0.717) is 29.3 Å². The van der Waals surface area contributed by atoms with E-state index in [9.17, 15) is 19.0 Å². The van der Waals surface area contributed by atoms with Crippen LogP contribution in [0, 0.1) is 5.92 Å². The molecule has 0 radical (unpaired) electrons. The van der Waals surface area contributed by atoms with E-state index in [1.54, 1.807) is 64.3 Å². The topological polar surface area (TPSA) is 165 Å². The standard InChI is InChI=1S/C46H57N4O9PS/c1-46(2,3)58-45(53)49-48-38(30-33-21-25-37(26-22-33)59-60(54,55)57-31-34-16-9-6-10-17-34)43(51)47-41-42(35-23-27-36(56-4)28-24-35)61-40-20-12-11-19-39(40)50(44(41)52)29-13-18-32-14-7-5-8-15-32/h6,9-12,16-17,19-28,32,38,41-42,48H,5,7-8,13-15,18,29-31H2,1-4H3,(H,47,51)(H,49,53)(H,54,55)/t38-,41-,42-/m0/s1. The number of fused-ring (bicyclic) bond motifs is 1. The lowest BCUT2D eigenvalue weighted by Crippen LogP contribution is -2.58. The summed E-state index contributed by atoms with van der Waals surface area (Å²) >= 11 is 1.52. The first-order chi connectivity index (χ1) is 29.3. The second-order valence-electron chi connectivity index (χ2n) is 16.4. The molecular weight excluding hydrogens is 816 g/mol. The van der Waals surface area contributed by atoms with Crippen molar-refractivity contribution in [2.45, 2.75) is 107 Å². The summed E-state index contributed by atoms with van der Waals surface area (Å²) in [7, 11) is -2.88. The third-order valence-corrected chi connectivity index (χ3v) is 12.9.